The van der Waals surface area contributed by atoms with Crippen LogP contribution in [0.25, 0.3) is 0 Å². The number of aromatic nitrogens is 1. The van der Waals surface area contributed by atoms with E-state index in [-0.39, 0.29) is 0 Å². The molecule has 0 aliphatic heterocycles. The van der Waals surface area contributed by atoms with Gasteiger partial charge in [0.25, 0.3) is 0 Å². The molecule has 0 fully saturated rings. The largest absolute Gasteiger partial charge is 0.469 e. The van der Waals surface area contributed by atoms with Gasteiger partial charge in [0.15, 0.2) is 5.96 Å². The molecule has 2 heterocycles. The van der Waals surface area contributed by atoms with Crippen LogP contribution >= 0.6 is 11.3 Å². The second kappa shape index (κ2) is 9.47. The van der Waals surface area contributed by atoms with Gasteiger partial charge in [-0.3, -0.25) is 4.99 Å². The zero-order valence-corrected chi connectivity index (χ0v) is 15.8. The number of aryl methyl sites for hydroxylation is 1. The molecule has 1 atom stereocenters. The lowest BCUT2D eigenvalue weighted by Crippen LogP contribution is -2.40. The molecule has 0 radical (unpaired) electrons. The number of thiazole rings is 1. The van der Waals surface area contributed by atoms with Crippen molar-refractivity contribution in [3.05, 3.63) is 40.2 Å². The molecule has 0 aromatic carbocycles. The van der Waals surface area contributed by atoms with Gasteiger partial charge in [0.2, 0.25) is 0 Å². The van der Waals surface area contributed by atoms with E-state index < -0.39 is 0 Å². The number of hydrogen-bond acceptors (Lipinski definition) is 4. The van der Waals surface area contributed by atoms with E-state index in [4.69, 9.17) is 4.42 Å². The fourth-order valence-corrected chi connectivity index (χ4v) is 2.97. The number of rotatable bonds is 8. The zero-order chi connectivity index (χ0) is 17.4. The highest BCUT2D eigenvalue weighted by molar-refractivity contribution is 7.11. The van der Waals surface area contributed by atoms with E-state index in [2.05, 4.69) is 48.3 Å². The summed E-state index contributed by atoms with van der Waals surface area (Å²) in [6, 6.07) is 3.91. The summed E-state index contributed by atoms with van der Waals surface area (Å²) in [6.45, 7) is 11.0. The molecule has 0 saturated carbocycles. The smallest absolute Gasteiger partial charge is 0.191 e. The lowest BCUT2D eigenvalue weighted by atomic mass is 10.2. The minimum Gasteiger partial charge on any atom is -0.469 e. The van der Waals surface area contributed by atoms with Gasteiger partial charge in [-0.2, -0.15) is 0 Å². The highest BCUT2D eigenvalue weighted by atomic mass is 32.1. The second-order valence-corrected chi connectivity index (χ2v) is 7.70. The molecule has 0 aliphatic carbocycles. The Hall–Kier alpha value is -1.82. The molecule has 0 saturated heterocycles. The zero-order valence-electron chi connectivity index (χ0n) is 15.0. The lowest BCUT2D eigenvalue weighted by molar-refractivity contribution is 0.506. The second-order valence-electron chi connectivity index (χ2n) is 6.43. The van der Waals surface area contributed by atoms with E-state index in [1.807, 2.05) is 18.3 Å². The number of furan rings is 1. The van der Waals surface area contributed by atoms with Gasteiger partial charge >= 0.3 is 0 Å². The molecular weight excluding hydrogens is 320 g/mol. The molecule has 2 rings (SSSR count). The third-order valence-corrected chi connectivity index (χ3v) is 4.64. The summed E-state index contributed by atoms with van der Waals surface area (Å²) in [7, 11) is 0. The van der Waals surface area contributed by atoms with Gasteiger partial charge in [-0.25, -0.2) is 4.98 Å². The molecule has 1 unspecified atom stereocenters. The minimum atomic E-state index is 0.361. The van der Waals surface area contributed by atoms with Crippen molar-refractivity contribution in [1.82, 2.24) is 15.6 Å². The average Bonchev–Trinajstić information content (AvgIpc) is 3.20. The Balaban J connectivity index is 1.84. The summed E-state index contributed by atoms with van der Waals surface area (Å²) < 4.78 is 5.36. The predicted octanol–water partition coefficient (Wildman–Crippen LogP) is 3.58. The molecule has 2 aromatic heterocycles. The Morgan fingerprint density at radius 3 is 2.79 bits per heavy atom. The first-order valence-corrected chi connectivity index (χ1v) is 9.33. The maximum absolute atomic E-state index is 5.36. The predicted molar refractivity (Wildman–Crippen MR) is 101 cm³/mol. The van der Waals surface area contributed by atoms with E-state index >= 15 is 0 Å². The van der Waals surface area contributed by atoms with Crippen LogP contribution in [0.3, 0.4) is 0 Å². The van der Waals surface area contributed by atoms with Crippen molar-refractivity contribution < 1.29 is 4.42 Å². The molecule has 5 nitrogen and oxygen atoms in total. The normalized spacial score (nSPS) is 13.3. The topological polar surface area (TPSA) is 62.5 Å². The number of guanidine groups is 1. The first kappa shape index (κ1) is 18.5. The summed E-state index contributed by atoms with van der Waals surface area (Å²) in [6.07, 6.45) is 4.49. The van der Waals surface area contributed by atoms with Crippen LogP contribution in [0.4, 0.5) is 0 Å². The van der Waals surface area contributed by atoms with Gasteiger partial charge in [0.05, 0.1) is 11.3 Å². The highest BCUT2D eigenvalue weighted by Gasteiger charge is 2.10. The van der Waals surface area contributed by atoms with Crippen LogP contribution in [0.5, 0.6) is 0 Å². The lowest BCUT2D eigenvalue weighted by Gasteiger charge is -2.15. The van der Waals surface area contributed by atoms with Crippen LogP contribution in [0.1, 0.15) is 42.3 Å². The highest BCUT2D eigenvalue weighted by Crippen LogP contribution is 2.20. The van der Waals surface area contributed by atoms with E-state index in [1.54, 1.807) is 17.6 Å². The van der Waals surface area contributed by atoms with Crippen molar-refractivity contribution in [2.24, 2.45) is 10.9 Å². The van der Waals surface area contributed by atoms with Gasteiger partial charge < -0.3 is 15.1 Å². The molecular formula is C18H28N4OS. The van der Waals surface area contributed by atoms with Crippen LogP contribution in [-0.4, -0.2) is 30.6 Å². The monoisotopic (exact) mass is 348 g/mol. The molecule has 24 heavy (non-hydrogen) atoms. The maximum Gasteiger partial charge on any atom is 0.191 e. The van der Waals surface area contributed by atoms with E-state index in [1.165, 1.54) is 9.88 Å². The Morgan fingerprint density at radius 2 is 2.17 bits per heavy atom. The standard InChI is InChI=1S/C18H28N4OS/c1-13(2)10-21-18(19-8-7-16-6-5-9-23-16)22-11-14(3)17-20-12-15(4)24-17/h5-6,9,12-14H,7-8,10-11H2,1-4H3,(H2,19,21,22). The van der Waals surface area contributed by atoms with Crippen molar-refractivity contribution in [3.63, 3.8) is 0 Å². The van der Waals surface area contributed by atoms with Crippen LogP contribution in [0.2, 0.25) is 0 Å². The number of nitrogens with one attached hydrogen (secondary N) is 2. The number of hydrogen-bond donors (Lipinski definition) is 2. The van der Waals surface area contributed by atoms with Crippen LogP contribution in [0.15, 0.2) is 34.0 Å². The molecule has 0 amide bonds. The van der Waals surface area contributed by atoms with Gasteiger partial charge in [0, 0.05) is 43.0 Å². The van der Waals surface area contributed by atoms with Crippen LogP contribution in [0, 0.1) is 12.8 Å². The van der Waals surface area contributed by atoms with Crippen LogP contribution < -0.4 is 10.6 Å². The molecule has 6 heteroatoms. The van der Waals surface area contributed by atoms with Crippen molar-refractivity contribution in [1.29, 1.82) is 0 Å². The fraction of sp³-hybridized carbons (Fsp3) is 0.556. The van der Waals surface area contributed by atoms with Gasteiger partial charge in [-0.05, 0) is 25.0 Å². The molecule has 0 aliphatic rings. The van der Waals surface area contributed by atoms with Crippen molar-refractivity contribution in [3.8, 4) is 0 Å². The molecule has 0 spiro atoms. The summed E-state index contributed by atoms with van der Waals surface area (Å²) in [5.41, 5.74) is 0. The molecule has 2 aromatic rings. The quantitative estimate of drug-likeness (QED) is 0.565. The Labute approximate surface area is 148 Å². The third-order valence-electron chi connectivity index (χ3n) is 3.49. The fourth-order valence-electron chi connectivity index (χ4n) is 2.14. The molecule has 0 bridgehead atoms. The van der Waals surface area contributed by atoms with Gasteiger partial charge in [-0.1, -0.05) is 20.8 Å². The van der Waals surface area contributed by atoms with Crippen molar-refractivity contribution in [2.75, 3.05) is 19.6 Å². The van der Waals surface area contributed by atoms with E-state index in [9.17, 15) is 0 Å². The summed E-state index contributed by atoms with van der Waals surface area (Å²) in [5, 5.41) is 7.99. The number of nitrogens with zero attached hydrogens (tertiary/aromatic N) is 2. The number of aliphatic imine (C=N–C) groups is 1. The van der Waals surface area contributed by atoms with E-state index in [0.717, 1.165) is 37.8 Å². The first-order valence-electron chi connectivity index (χ1n) is 8.51. The molecule has 132 valence electrons. The molecule has 2 N–H and O–H groups in total. The van der Waals surface area contributed by atoms with E-state index in [0.29, 0.717) is 11.8 Å². The van der Waals surface area contributed by atoms with Crippen molar-refractivity contribution in [2.45, 2.75) is 40.0 Å². The summed E-state index contributed by atoms with van der Waals surface area (Å²) in [5.74, 6) is 2.74. The first-order chi connectivity index (χ1) is 11.5. The Bertz CT molecular complexity index is 619. The average molecular weight is 349 g/mol. The van der Waals surface area contributed by atoms with Gasteiger partial charge in [-0.15, -0.1) is 11.3 Å². The Kier molecular flexibility index (Phi) is 7.31. The summed E-state index contributed by atoms with van der Waals surface area (Å²) >= 11 is 1.76. The van der Waals surface area contributed by atoms with Crippen LogP contribution in [-0.2, 0) is 6.42 Å². The van der Waals surface area contributed by atoms with Gasteiger partial charge in [0.1, 0.15) is 5.76 Å². The minimum absolute atomic E-state index is 0.361. The maximum atomic E-state index is 5.36. The third kappa shape index (κ3) is 6.35. The SMILES string of the molecule is Cc1cnc(C(C)CNC(=NCC(C)C)NCCc2ccco2)s1. The van der Waals surface area contributed by atoms with Crippen molar-refractivity contribution >= 4 is 17.3 Å². The Morgan fingerprint density at radius 1 is 1.33 bits per heavy atom. The summed E-state index contributed by atoms with van der Waals surface area (Å²) in [4.78, 5) is 10.4.